The van der Waals surface area contributed by atoms with Crippen LogP contribution in [-0.2, 0) is 11.2 Å². The highest BCUT2D eigenvalue weighted by Crippen LogP contribution is 2.66. The number of aliphatic hydroxyl groups is 1. The standard InChI is InChI=1S/C34H48NO5/c1-33-13-10-22(36)17-21(33)6-7-23-24-8-9-26(34(24,2)14-11-25(23)33)28(37)18-27-30-20(12-15-35(27,3)4)16-29-31(32(30)38-5)40-19-39-29/h9,16,21-25,27,36H,6-8,10-15,17-19H2,1-5H3/q+1/t21-,22+,23-,24-,25-,27?,33?,34?/m0/s1. The van der Waals surface area contributed by atoms with Gasteiger partial charge in [0.15, 0.2) is 17.3 Å². The fraction of sp³-hybridized carbons (Fsp3) is 0.735. The lowest BCUT2D eigenvalue weighted by molar-refractivity contribution is -0.922. The molecule has 8 atom stereocenters. The van der Waals surface area contributed by atoms with E-state index >= 15 is 0 Å². The first-order valence-electron chi connectivity index (χ1n) is 15.8. The van der Waals surface area contributed by atoms with Crippen LogP contribution in [0.5, 0.6) is 17.2 Å². The molecular weight excluding hydrogens is 502 g/mol. The number of carbonyl (C=O) groups excluding carboxylic acids is 1. The minimum Gasteiger partial charge on any atom is -0.492 e. The summed E-state index contributed by atoms with van der Waals surface area (Å²) in [7, 11) is 6.21. The van der Waals surface area contributed by atoms with Crippen LogP contribution in [0.2, 0.25) is 0 Å². The first kappa shape index (κ1) is 26.8. The summed E-state index contributed by atoms with van der Waals surface area (Å²) in [6.45, 7) is 6.14. The van der Waals surface area contributed by atoms with Crippen LogP contribution >= 0.6 is 0 Å². The summed E-state index contributed by atoms with van der Waals surface area (Å²) in [5, 5.41) is 10.4. The number of methoxy groups -OCH3 is 1. The Bertz CT molecular complexity index is 1250. The Morgan fingerprint density at radius 1 is 1.12 bits per heavy atom. The highest BCUT2D eigenvalue weighted by Gasteiger charge is 2.59. The predicted molar refractivity (Wildman–Crippen MR) is 153 cm³/mol. The van der Waals surface area contributed by atoms with Gasteiger partial charge in [0.05, 0.1) is 45.8 Å². The molecule has 6 heteroatoms. The topological polar surface area (TPSA) is 65.0 Å². The molecule has 40 heavy (non-hydrogen) atoms. The van der Waals surface area contributed by atoms with E-state index in [0.717, 1.165) is 78.1 Å². The third-order valence-electron chi connectivity index (χ3n) is 13.0. The summed E-state index contributed by atoms with van der Waals surface area (Å²) in [5.41, 5.74) is 3.79. The number of benzene rings is 1. The number of likely N-dealkylation sites (N-methyl/N-ethyl adjacent to an activating group) is 1. The third kappa shape index (κ3) is 3.77. The number of ketones is 1. The van der Waals surface area contributed by atoms with Gasteiger partial charge in [-0.1, -0.05) is 19.9 Å². The van der Waals surface area contributed by atoms with Crippen LogP contribution in [0.4, 0.5) is 0 Å². The Labute approximate surface area is 239 Å². The molecule has 7 rings (SSSR count). The molecule has 4 aliphatic carbocycles. The van der Waals surface area contributed by atoms with Gasteiger partial charge in [0.2, 0.25) is 12.5 Å². The van der Waals surface area contributed by atoms with E-state index in [1.165, 1.54) is 24.8 Å². The molecular formula is C34H48NO5+. The number of ether oxygens (including phenoxy) is 3. The first-order chi connectivity index (χ1) is 19.1. The van der Waals surface area contributed by atoms with Crippen LogP contribution in [0.3, 0.4) is 0 Å². The van der Waals surface area contributed by atoms with Crippen LogP contribution in [0.1, 0.15) is 88.8 Å². The lowest BCUT2D eigenvalue weighted by atomic mass is 9.44. The van der Waals surface area contributed by atoms with Crippen molar-refractivity contribution in [2.75, 3.05) is 34.5 Å². The Balaban J connectivity index is 1.16. The van der Waals surface area contributed by atoms with Crippen molar-refractivity contribution in [1.29, 1.82) is 0 Å². The van der Waals surface area contributed by atoms with E-state index in [1.54, 1.807) is 7.11 Å². The molecule has 218 valence electrons. The van der Waals surface area contributed by atoms with Crippen molar-refractivity contribution in [3.8, 4) is 17.2 Å². The zero-order valence-corrected chi connectivity index (χ0v) is 25.1. The van der Waals surface area contributed by atoms with Gasteiger partial charge in [0, 0.05) is 6.42 Å². The van der Waals surface area contributed by atoms with E-state index in [-0.39, 0.29) is 24.4 Å². The number of hydrogen-bond acceptors (Lipinski definition) is 5. The number of hydrogen-bond donors (Lipinski definition) is 1. The SMILES string of the molecule is COc1c2c(cc3c1C(CC(=O)C1=CC[C@H]4[C@@H]5CC[C@H]6C[C@H](O)CCC6(C)[C@H]5CCC14C)[N+](C)(C)CC3)OCO2. The summed E-state index contributed by atoms with van der Waals surface area (Å²) >= 11 is 0. The van der Waals surface area contributed by atoms with E-state index in [4.69, 9.17) is 14.2 Å². The molecule has 0 amide bonds. The Morgan fingerprint density at radius 2 is 1.95 bits per heavy atom. The second kappa shape index (κ2) is 9.22. The quantitative estimate of drug-likeness (QED) is 0.466. The molecule has 2 heterocycles. The Morgan fingerprint density at radius 3 is 2.75 bits per heavy atom. The van der Waals surface area contributed by atoms with Gasteiger partial charge in [-0.05, 0) is 103 Å². The first-order valence-corrected chi connectivity index (χ1v) is 15.8. The molecule has 0 saturated heterocycles. The van der Waals surface area contributed by atoms with Gasteiger partial charge in [-0.25, -0.2) is 0 Å². The van der Waals surface area contributed by atoms with Gasteiger partial charge in [-0.3, -0.25) is 4.79 Å². The van der Waals surface area contributed by atoms with E-state index in [0.29, 0.717) is 41.1 Å². The van der Waals surface area contributed by atoms with Crippen molar-refractivity contribution in [2.24, 2.45) is 34.5 Å². The average molecular weight is 551 g/mol. The van der Waals surface area contributed by atoms with Crippen molar-refractivity contribution in [3.63, 3.8) is 0 Å². The number of quaternary nitrogens is 1. The molecule has 0 aromatic heterocycles. The molecule has 1 N–H and O–H groups in total. The number of aliphatic hydroxyl groups excluding tert-OH is 1. The van der Waals surface area contributed by atoms with E-state index in [2.05, 4.69) is 40.1 Å². The Kier molecular flexibility index (Phi) is 6.19. The van der Waals surface area contributed by atoms with Crippen molar-refractivity contribution in [2.45, 2.75) is 90.2 Å². The molecule has 6 aliphatic rings. The zero-order chi connectivity index (χ0) is 28.0. The molecule has 1 aromatic carbocycles. The molecule has 3 saturated carbocycles. The van der Waals surface area contributed by atoms with Gasteiger partial charge in [0.25, 0.3) is 0 Å². The largest absolute Gasteiger partial charge is 0.492 e. The maximum atomic E-state index is 14.4. The lowest BCUT2D eigenvalue weighted by Gasteiger charge is -2.60. The normalized spacial score (nSPS) is 40.8. The highest BCUT2D eigenvalue weighted by atomic mass is 16.7. The van der Waals surface area contributed by atoms with Crippen molar-refractivity contribution >= 4 is 5.78 Å². The summed E-state index contributed by atoms with van der Waals surface area (Å²) in [4.78, 5) is 14.4. The van der Waals surface area contributed by atoms with Gasteiger partial charge in [0.1, 0.15) is 6.04 Å². The number of Topliss-reactive ketones (excluding diaryl/α,β-unsaturated/α-hetero) is 1. The van der Waals surface area contributed by atoms with E-state index in [1.807, 2.05) is 0 Å². The Hall–Kier alpha value is -2.05. The highest BCUT2D eigenvalue weighted by molar-refractivity contribution is 5.97. The number of rotatable bonds is 4. The lowest BCUT2D eigenvalue weighted by Crippen LogP contribution is -2.54. The van der Waals surface area contributed by atoms with Crippen molar-refractivity contribution < 1.29 is 28.6 Å². The van der Waals surface area contributed by atoms with Crippen molar-refractivity contribution in [3.05, 3.63) is 28.8 Å². The van der Waals surface area contributed by atoms with Crippen LogP contribution < -0.4 is 14.2 Å². The summed E-state index contributed by atoms with van der Waals surface area (Å²) in [5.74, 6) is 5.18. The fourth-order valence-electron chi connectivity index (χ4n) is 10.6. The maximum absolute atomic E-state index is 14.4. The predicted octanol–water partition coefficient (Wildman–Crippen LogP) is 6.00. The molecule has 0 bridgehead atoms. The molecule has 0 spiro atoms. The minimum absolute atomic E-state index is 0.0172. The number of fused-ring (bicyclic) bond motifs is 7. The molecule has 0 radical (unpaired) electrons. The zero-order valence-electron chi connectivity index (χ0n) is 25.1. The van der Waals surface area contributed by atoms with Crippen LogP contribution in [-0.4, -0.2) is 56.0 Å². The van der Waals surface area contributed by atoms with Crippen LogP contribution in [0, 0.1) is 34.5 Å². The van der Waals surface area contributed by atoms with E-state index in [9.17, 15) is 9.90 Å². The molecule has 3 unspecified atom stereocenters. The van der Waals surface area contributed by atoms with Crippen LogP contribution in [0.15, 0.2) is 17.7 Å². The number of allylic oxidation sites excluding steroid dienone is 2. The minimum atomic E-state index is -0.104. The number of nitrogens with zero attached hydrogens (tertiary/aromatic N) is 1. The van der Waals surface area contributed by atoms with E-state index < -0.39 is 0 Å². The third-order valence-corrected chi connectivity index (χ3v) is 13.0. The molecule has 2 aliphatic heterocycles. The second-order valence-electron chi connectivity index (χ2n) is 15.0. The van der Waals surface area contributed by atoms with Crippen molar-refractivity contribution in [1.82, 2.24) is 0 Å². The molecule has 1 aromatic rings. The van der Waals surface area contributed by atoms with Gasteiger partial charge < -0.3 is 23.8 Å². The molecule has 3 fully saturated rings. The summed E-state index contributed by atoms with van der Waals surface area (Å²) in [6.07, 6.45) is 12.7. The average Bonchev–Trinajstić information content (AvgIpc) is 3.53. The fourth-order valence-corrected chi connectivity index (χ4v) is 10.6. The second-order valence-corrected chi connectivity index (χ2v) is 15.0. The monoisotopic (exact) mass is 550 g/mol. The number of carbonyl (C=O) groups is 1. The van der Waals surface area contributed by atoms with Crippen LogP contribution in [0.25, 0.3) is 0 Å². The molecule has 6 nitrogen and oxygen atoms in total. The van der Waals surface area contributed by atoms with Gasteiger partial charge in [-0.2, -0.15) is 0 Å². The van der Waals surface area contributed by atoms with Gasteiger partial charge in [-0.15, -0.1) is 0 Å². The smallest absolute Gasteiger partial charge is 0.231 e. The van der Waals surface area contributed by atoms with Gasteiger partial charge >= 0.3 is 0 Å². The maximum Gasteiger partial charge on any atom is 0.231 e. The summed E-state index contributed by atoms with van der Waals surface area (Å²) < 4.78 is 18.3. The summed E-state index contributed by atoms with van der Waals surface area (Å²) in [6, 6.07) is 2.13.